The van der Waals surface area contributed by atoms with Crippen LogP contribution in [0.25, 0.3) is 11.2 Å². The lowest BCUT2D eigenvalue weighted by Gasteiger charge is -2.26. The molecule has 0 unspecified atom stereocenters. The maximum Gasteiger partial charge on any atom is 0.180 e. The summed E-state index contributed by atoms with van der Waals surface area (Å²) in [6.45, 7) is 2.40. The van der Waals surface area contributed by atoms with E-state index in [-0.39, 0.29) is 6.10 Å². The molecule has 3 aromatic rings. The SMILES string of the molecule is c1cncc(CN(C[C@H]2CCCO2)c2ccc3nccnc3n2)c1. The van der Waals surface area contributed by atoms with E-state index in [4.69, 9.17) is 9.72 Å². The molecule has 0 radical (unpaired) electrons. The number of hydrogen-bond acceptors (Lipinski definition) is 6. The second kappa shape index (κ2) is 6.88. The van der Waals surface area contributed by atoms with Gasteiger partial charge >= 0.3 is 0 Å². The zero-order valence-corrected chi connectivity index (χ0v) is 13.4. The van der Waals surface area contributed by atoms with E-state index < -0.39 is 0 Å². The van der Waals surface area contributed by atoms with E-state index in [1.165, 1.54) is 0 Å². The molecule has 1 aliphatic heterocycles. The van der Waals surface area contributed by atoms with Gasteiger partial charge in [0.2, 0.25) is 0 Å². The van der Waals surface area contributed by atoms with Gasteiger partial charge in [-0.15, -0.1) is 0 Å². The average Bonchev–Trinajstić information content (AvgIpc) is 3.15. The fourth-order valence-electron chi connectivity index (χ4n) is 3.01. The van der Waals surface area contributed by atoms with Gasteiger partial charge in [-0.3, -0.25) is 9.97 Å². The summed E-state index contributed by atoms with van der Waals surface area (Å²) in [5.41, 5.74) is 2.62. The monoisotopic (exact) mass is 321 g/mol. The van der Waals surface area contributed by atoms with Crippen molar-refractivity contribution in [1.82, 2.24) is 19.9 Å². The van der Waals surface area contributed by atoms with E-state index >= 15 is 0 Å². The molecule has 1 fully saturated rings. The van der Waals surface area contributed by atoms with E-state index in [0.717, 1.165) is 49.4 Å². The maximum atomic E-state index is 5.82. The molecule has 0 aliphatic carbocycles. The molecule has 3 aromatic heterocycles. The molecule has 4 rings (SSSR count). The van der Waals surface area contributed by atoms with Crippen molar-refractivity contribution < 1.29 is 4.74 Å². The zero-order valence-electron chi connectivity index (χ0n) is 13.4. The highest BCUT2D eigenvalue weighted by atomic mass is 16.5. The molecular formula is C18H19N5O. The van der Waals surface area contributed by atoms with Crippen LogP contribution in [0.3, 0.4) is 0 Å². The van der Waals surface area contributed by atoms with E-state index in [2.05, 4.69) is 25.9 Å². The van der Waals surface area contributed by atoms with Crippen LogP contribution in [0.2, 0.25) is 0 Å². The summed E-state index contributed by atoms with van der Waals surface area (Å²) < 4.78 is 5.82. The van der Waals surface area contributed by atoms with E-state index in [0.29, 0.717) is 5.65 Å². The number of rotatable bonds is 5. The average molecular weight is 321 g/mol. The minimum Gasteiger partial charge on any atom is -0.376 e. The van der Waals surface area contributed by atoms with Crippen molar-refractivity contribution in [3.05, 3.63) is 54.6 Å². The molecule has 4 heterocycles. The largest absolute Gasteiger partial charge is 0.376 e. The first-order valence-corrected chi connectivity index (χ1v) is 8.22. The number of aromatic nitrogens is 4. The first-order valence-electron chi connectivity index (χ1n) is 8.22. The summed E-state index contributed by atoms with van der Waals surface area (Å²) in [5, 5.41) is 0. The van der Waals surface area contributed by atoms with Crippen molar-refractivity contribution in [3.63, 3.8) is 0 Å². The lowest BCUT2D eigenvalue weighted by molar-refractivity contribution is 0.115. The smallest absolute Gasteiger partial charge is 0.180 e. The highest BCUT2D eigenvalue weighted by Crippen LogP contribution is 2.21. The Labute approximate surface area is 140 Å². The summed E-state index contributed by atoms with van der Waals surface area (Å²) in [6.07, 6.45) is 9.51. The first kappa shape index (κ1) is 15.0. The molecule has 1 atom stereocenters. The van der Waals surface area contributed by atoms with Crippen molar-refractivity contribution >= 4 is 17.0 Å². The highest BCUT2D eigenvalue weighted by Gasteiger charge is 2.21. The predicted octanol–water partition coefficient (Wildman–Crippen LogP) is 2.61. The topological polar surface area (TPSA) is 64.0 Å². The predicted molar refractivity (Wildman–Crippen MR) is 91.6 cm³/mol. The van der Waals surface area contributed by atoms with Gasteiger partial charge in [0.25, 0.3) is 0 Å². The van der Waals surface area contributed by atoms with Crippen LogP contribution >= 0.6 is 0 Å². The van der Waals surface area contributed by atoms with Gasteiger partial charge in [0, 0.05) is 44.5 Å². The molecular weight excluding hydrogens is 302 g/mol. The highest BCUT2D eigenvalue weighted by molar-refractivity contribution is 5.71. The van der Waals surface area contributed by atoms with Crippen LogP contribution in [0.1, 0.15) is 18.4 Å². The first-order chi connectivity index (χ1) is 11.9. The molecule has 0 saturated carbocycles. The van der Waals surface area contributed by atoms with E-state index in [9.17, 15) is 0 Å². The van der Waals surface area contributed by atoms with Crippen LogP contribution in [-0.4, -0.2) is 39.2 Å². The minimum absolute atomic E-state index is 0.251. The lowest BCUT2D eigenvalue weighted by Crippen LogP contribution is -2.32. The van der Waals surface area contributed by atoms with Crippen LogP contribution in [0, 0.1) is 0 Å². The van der Waals surface area contributed by atoms with Crippen LogP contribution < -0.4 is 4.90 Å². The normalized spacial score (nSPS) is 17.2. The Balaban J connectivity index is 1.64. The Morgan fingerprint density at radius 3 is 2.92 bits per heavy atom. The molecule has 6 nitrogen and oxygen atoms in total. The molecule has 1 aliphatic rings. The third-order valence-electron chi connectivity index (χ3n) is 4.19. The number of fused-ring (bicyclic) bond motifs is 1. The molecule has 0 N–H and O–H groups in total. The van der Waals surface area contributed by atoms with Gasteiger partial charge in [-0.05, 0) is 36.6 Å². The molecule has 0 spiro atoms. The molecule has 0 bridgehead atoms. The lowest BCUT2D eigenvalue weighted by atomic mass is 10.2. The van der Waals surface area contributed by atoms with Gasteiger partial charge in [-0.2, -0.15) is 0 Å². The van der Waals surface area contributed by atoms with Crippen LogP contribution in [0.5, 0.6) is 0 Å². The summed E-state index contributed by atoms with van der Waals surface area (Å²) in [6, 6.07) is 8.01. The fourth-order valence-corrected chi connectivity index (χ4v) is 3.01. The second-order valence-corrected chi connectivity index (χ2v) is 5.95. The molecule has 1 saturated heterocycles. The summed E-state index contributed by atoms with van der Waals surface area (Å²) in [4.78, 5) is 19.7. The summed E-state index contributed by atoms with van der Waals surface area (Å²) >= 11 is 0. The van der Waals surface area contributed by atoms with Gasteiger partial charge in [-0.25, -0.2) is 9.97 Å². The second-order valence-electron chi connectivity index (χ2n) is 5.95. The zero-order chi connectivity index (χ0) is 16.2. The summed E-state index contributed by atoms with van der Waals surface area (Å²) in [5.74, 6) is 0.891. The Bertz CT molecular complexity index is 805. The van der Waals surface area contributed by atoms with Gasteiger partial charge in [-0.1, -0.05) is 6.07 Å². The standard InChI is InChI=1S/C18H19N5O/c1-3-14(11-19-7-1)12-23(13-15-4-2-10-24-15)17-6-5-16-18(22-17)21-9-8-20-16/h1,3,5-9,11,15H,2,4,10,12-13H2/t15-/m1/s1. The van der Waals surface area contributed by atoms with Crippen LogP contribution in [-0.2, 0) is 11.3 Å². The van der Waals surface area contributed by atoms with Crippen molar-refractivity contribution in [2.45, 2.75) is 25.5 Å². The van der Waals surface area contributed by atoms with E-state index in [1.54, 1.807) is 18.6 Å². The number of pyridine rings is 2. The Hall–Kier alpha value is -2.60. The molecule has 0 aromatic carbocycles. The van der Waals surface area contributed by atoms with Gasteiger partial charge < -0.3 is 9.64 Å². The van der Waals surface area contributed by atoms with Crippen molar-refractivity contribution in [2.24, 2.45) is 0 Å². The minimum atomic E-state index is 0.251. The number of hydrogen-bond donors (Lipinski definition) is 0. The Morgan fingerprint density at radius 2 is 2.08 bits per heavy atom. The Morgan fingerprint density at radius 1 is 1.12 bits per heavy atom. The van der Waals surface area contributed by atoms with Gasteiger partial charge in [0.05, 0.1) is 6.10 Å². The number of nitrogens with zero attached hydrogens (tertiary/aromatic N) is 5. The summed E-state index contributed by atoms with van der Waals surface area (Å²) in [7, 11) is 0. The third-order valence-corrected chi connectivity index (χ3v) is 4.19. The van der Waals surface area contributed by atoms with Crippen molar-refractivity contribution in [1.29, 1.82) is 0 Å². The Kier molecular flexibility index (Phi) is 4.29. The molecule has 6 heteroatoms. The van der Waals surface area contributed by atoms with Crippen LogP contribution in [0.4, 0.5) is 5.82 Å². The maximum absolute atomic E-state index is 5.82. The molecule has 24 heavy (non-hydrogen) atoms. The quantitative estimate of drug-likeness (QED) is 0.720. The van der Waals surface area contributed by atoms with E-state index in [1.807, 2.05) is 24.4 Å². The van der Waals surface area contributed by atoms with Crippen molar-refractivity contribution in [3.8, 4) is 0 Å². The van der Waals surface area contributed by atoms with Crippen LogP contribution in [0.15, 0.2) is 49.1 Å². The molecule has 122 valence electrons. The molecule has 0 amide bonds. The van der Waals surface area contributed by atoms with Gasteiger partial charge in [0.15, 0.2) is 5.65 Å². The number of ether oxygens (including phenoxy) is 1. The fraction of sp³-hybridized carbons (Fsp3) is 0.333. The third kappa shape index (κ3) is 3.33. The van der Waals surface area contributed by atoms with Crippen molar-refractivity contribution in [2.75, 3.05) is 18.1 Å². The number of anilines is 1. The van der Waals surface area contributed by atoms with Gasteiger partial charge in [0.1, 0.15) is 11.3 Å².